The predicted molar refractivity (Wildman–Crippen MR) is 110 cm³/mol. The topological polar surface area (TPSA) is 33.6 Å². The minimum Gasteiger partial charge on any atom is -0.497 e. The summed E-state index contributed by atoms with van der Waals surface area (Å²) in [5, 5.41) is 3.36. The molecular formula is C20H22BrFN2OS. The van der Waals surface area contributed by atoms with Crippen LogP contribution in [-0.2, 0) is 5.75 Å². The summed E-state index contributed by atoms with van der Waals surface area (Å²) >= 11 is 4.97. The molecule has 0 aromatic heterocycles. The first kappa shape index (κ1) is 19.2. The molecule has 0 fully saturated rings. The van der Waals surface area contributed by atoms with Crippen LogP contribution >= 0.6 is 27.7 Å². The number of ether oxygens (including phenoxy) is 1. The highest BCUT2D eigenvalue weighted by molar-refractivity contribution is 9.10. The van der Waals surface area contributed by atoms with Crippen molar-refractivity contribution in [1.82, 2.24) is 5.32 Å². The van der Waals surface area contributed by atoms with E-state index in [-0.39, 0.29) is 11.2 Å². The van der Waals surface area contributed by atoms with Crippen molar-refractivity contribution in [3.63, 3.8) is 0 Å². The molecule has 0 spiro atoms. The Morgan fingerprint density at radius 2 is 2.12 bits per heavy atom. The quantitative estimate of drug-likeness (QED) is 0.648. The molecule has 3 rings (SSSR count). The number of nitrogens with zero attached hydrogens (tertiary/aromatic N) is 1. The first-order valence-electron chi connectivity index (χ1n) is 8.41. The molecule has 0 radical (unpaired) electrons. The molecule has 0 unspecified atom stereocenters. The third-order valence-electron chi connectivity index (χ3n) is 4.17. The van der Waals surface area contributed by atoms with E-state index in [4.69, 9.17) is 4.74 Å². The molecule has 0 bridgehead atoms. The molecule has 0 saturated carbocycles. The van der Waals surface area contributed by atoms with E-state index < -0.39 is 0 Å². The van der Waals surface area contributed by atoms with Crippen LogP contribution in [0.1, 0.15) is 25.0 Å². The van der Waals surface area contributed by atoms with Gasteiger partial charge in [-0.05, 0) is 35.9 Å². The van der Waals surface area contributed by atoms with Crippen molar-refractivity contribution in [2.24, 2.45) is 10.4 Å². The van der Waals surface area contributed by atoms with E-state index >= 15 is 0 Å². The van der Waals surface area contributed by atoms with Gasteiger partial charge < -0.3 is 10.1 Å². The minimum absolute atomic E-state index is 0.122. The van der Waals surface area contributed by atoms with Crippen LogP contribution in [0.3, 0.4) is 0 Å². The van der Waals surface area contributed by atoms with Crippen molar-refractivity contribution in [2.45, 2.75) is 24.5 Å². The predicted octanol–water partition coefficient (Wildman–Crippen LogP) is 5.27. The Morgan fingerprint density at radius 3 is 2.81 bits per heavy atom. The van der Waals surface area contributed by atoms with Gasteiger partial charge in [0.15, 0.2) is 0 Å². The summed E-state index contributed by atoms with van der Waals surface area (Å²) < 4.78 is 20.8. The van der Waals surface area contributed by atoms with E-state index in [1.54, 1.807) is 13.2 Å². The van der Waals surface area contributed by atoms with Crippen LogP contribution < -0.4 is 10.1 Å². The molecule has 26 heavy (non-hydrogen) atoms. The van der Waals surface area contributed by atoms with Gasteiger partial charge in [-0.2, -0.15) is 0 Å². The average molecular weight is 437 g/mol. The zero-order chi connectivity index (χ0) is 18.7. The lowest BCUT2D eigenvalue weighted by atomic mass is 9.92. The first-order valence-corrected chi connectivity index (χ1v) is 10.2. The van der Waals surface area contributed by atoms with Crippen LogP contribution in [0.15, 0.2) is 50.8 Å². The van der Waals surface area contributed by atoms with E-state index in [1.807, 2.05) is 24.3 Å². The summed E-state index contributed by atoms with van der Waals surface area (Å²) in [6, 6.07) is 11.1. The fourth-order valence-electron chi connectivity index (χ4n) is 2.73. The number of hydrogen-bond acceptors (Lipinski definition) is 4. The maximum absolute atomic E-state index is 14.5. The van der Waals surface area contributed by atoms with Gasteiger partial charge in [0.25, 0.3) is 0 Å². The number of rotatable bonds is 5. The number of amidine groups is 1. The van der Waals surface area contributed by atoms with Crippen molar-refractivity contribution >= 4 is 33.5 Å². The molecule has 1 aliphatic heterocycles. The Bertz CT molecular complexity index is 839. The number of methoxy groups -OCH3 is 1. The van der Waals surface area contributed by atoms with Gasteiger partial charge in [-0.1, -0.05) is 35.8 Å². The van der Waals surface area contributed by atoms with E-state index in [2.05, 4.69) is 40.1 Å². The molecule has 1 heterocycles. The molecule has 0 aliphatic carbocycles. The molecule has 0 saturated heterocycles. The Kier molecular flexibility index (Phi) is 5.92. The molecule has 3 nitrogen and oxygen atoms in total. The van der Waals surface area contributed by atoms with Crippen LogP contribution in [-0.4, -0.2) is 26.0 Å². The second-order valence-electron chi connectivity index (χ2n) is 7.09. The van der Waals surface area contributed by atoms with Crippen LogP contribution in [0.5, 0.6) is 5.75 Å². The van der Waals surface area contributed by atoms with Crippen molar-refractivity contribution in [2.75, 3.05) is 20.2 Å². The number of aliphatic imine (C=N–C) groups is 1. The minimum atomic E-state index is -0.219. The normalized spacial score (nSPS) is 16.0. The first-order chi connectivity index (χ1) is 12.4. The molecule has 1 aliphatic rings. The molecule has 0 amide bonds. The van der Waals surface area contributed by atoms with Crippen molar-refractivity contribution in [3.8, 4) is 5.75 Å². The van der Waals surface area contributed by atoms with Gasteiger partial charge in [0.05, 0.1) is 12.0 Å². The number of hydrogen-bond donors (Lipinski definition) is 1. The lowest BCUT2D eigenvalue weighted by molar-refractivity contribution is 0.362. The second kappa shape index (κ2) is 8.01. The molecule has 2 aromatic carbocycles. The summed E-state index contributed by atoms with van der Waals surface area (Å²) in [6.07, 6.45) is 0. The molecule has 2 aromatic rings. The number of thioether (sulfide) groups is 1. The fourth-order valence-corrected chi connectivity index (χ4v) is 4.25. The summed E-state index contributed by atoms with van der Waals surface area (Å²) in [5.41, 5.74) is 2.01. The van der Waals surface area contributed by atoms with Crippen LogP contribution in [0.25, 0.3) is 0 Å². The molecule has 138 valence electrons. The third kappa shape index (κ3) is 4.60. The van der Waals surface area contributed by atoms with E-state index in [0.717, 1.165) is 40.3 Å². The monoisotopic (exact) mass is 436 g/mol. The lowest BCUT2D eigenvalue weighted by Gasteiger charge is -2.29. The highest BCUT2D eigenvalue weighted by Crippen LogP contribution is 2.32. The highest BCUT2D eigenvalue weighted by atomic mass is 79.9. The number of nitrogens with one attached hydrogen (secondary N) is 1. The van der Waals surface area contributed by atoms with Crippen molar-refractivity contribution in [3.05, 3.63) is 57.8 Å². The van der Waals surface area contributed by atoms with E-state index in [1.165, 1.54) is 17.8 Å². The zero-order valence-electron chi connectivity index (χ0n) is 15.1. The smallest absolute Gasteiger partial charge is 0.137 e. The Balaban J connectivity index is 1.85. The molecule has 0 atom stereocenters. The summed E-state index contributed by atoms with van der Waals surface area (Å²) in [7, 11) is 1.64. The largest absolute Gasteiger partial charge is 0.497 e. The van der Waals surface area contributed by atoms with Gasteiger partial charge in [0.2, 0.25) is 0 Å². The van der Waals surface area contributed by atoms with Gasteiger partial charge in [0, 0.05) is 34.3 Å². The fraction of sp³-hybridized carbons (Fsp3) is 0.350. The van der Waals surface area contributed by atoms with Crippen molar-refractivity contribution < 1.29 is 9.13 Å². The Morgan fingerprint density at radius 1 is 1.31 bits per heavy atom. The summed E-state index contributed by atoms with van der Waals surface area (Å²) in [4.78, 5) is 5.27. The molecular weight excluding hydrogens is 415 g/mol. The highest BCUT2D eigenvalue weighted by Gasteiger charge is 2.24. The Labute approximate surface area is 166 Å². The Hall–Kier alpha value is -1.53. The SMILES string of the molecule is COc1cc(Br)cc(CSc2c(F)cccc2C2=NCC(C)(C)CN2)c1. The van der Waals surface area contributed by atoms with Crippen LogP contribution in [0.2, 0.25) is 0 Å². The van der Waals surface area contributed by atoms with Gasteiger partial charge in [-0.25, -0.2) is 4.39 Å². The van der Waals surface area contributed by atoms with Gasteiger partial charge in [0.1, 0.15) is 17.4 Å². The van der Waals surface area contributed by atoms with Crippen LogP contribution in [0, 0.1) is 11.2 Å². The summed E-state index contributed by atoms with van der Waals surface area (Å²) in [5.74, 6) is 1.98. The third-order valence-corrected chi connectivity index (χ3v) is 5.81. The zero-order valence-corrected chi connectivity index (χ0v) is 17.5. The van der Waals surface area contributed by atoms with Gasteiger partial charge in [-0.3, -0.25) is 4.99 Å². The molecule has 6 heteroatoms. The van der Waals surface area contributed by atoms with Gasteiger partial charge in [-0.15, -0.1) is 11.8 Å². The van der Waals surface area contributed by atoms with Crippen LogP contribution in [0.4, 0.5) is 4.39 Å². The standard InChI is InChI=1S/C20H22BrFN2OS/c1-20(2)11-23-19(24-12-20)16-5-4-6-17(22)18(16)26-10-13-7-14(21)9-15(8-13)25-3/h4-9H,10-12H2,1-3H3,(H,23,24). The van der Waals surface area contributed by atoms with Crippen molar-refractivity contribution in [1.29, 1.82) is 0 Å². The summed E-state index contributed by atoms with van der Waals surface area (Å²) in [6.45, 7) is 5.90. The number of benzene rings is 2. The number of halogens is 2. The maximum Gasteiger partial charge on any atom is 0.137 e. The second-order valence-corrected chi connectivity index (χ2v) is 8.99. The average Bonchev–Trinajstić information content (AvgIpc) is 2.60. The maximum atomic E-state index is 14.5. The van der Waals surface area contributed by atoms with E-state index in [0.29, 0.717) is 10.6 Å². The lowest BCUT2D eigenvalue weighted by Crippen LogP contribution is -2.41. The van der Waals surface area contributed by atoms with E-state index in [9.17, 15) is 4.39 Å². The molecule has 1 N–H and O–H groups in total. The van der Waals surface area contributed by atoms with Gasteiger partial charge >= 0.3 is 0 Å².